The summed E-state index contributed by atoms with van der Waals surface area (Å²) >= 11 is 5.96. The van der Waals surface area contributed by atoms with Gasteiger partial charge >= 0.3 is 0 Å². The summed E-state index contributed by atoms with van der Waals surface area (Å²) < 4.78 is 5.13. The molecule has 0 atom stereocenters. The molecule has 3 nitrogen and oxygen atoms in total. The van der Waals surface area contributed by atoms with Gasteiger partial charge in [-0.25, -0.2) is 0 Å². The fourth-order valence-electron chi connectivity index (χ4n) is 1.38. The van der Waals surface area contributed by atoms with Crippen LogP contribution in [0.15, 0.2) is 29.2 Å². The van der Waals surface area contributed by atoms with Gasteiger partial charge in [0.2, 0.25) is 5.56 Å². The van der Waals surface area contributed by atoms with Gasteiger partial charge in [0.1, 0.15) is 5.75 Å². The molecule has 0 unspecified atom stereocenters. The summed E-state index contributed by atoms with van der Waals surface area (Å²) in [6.45, 7) is 0. The lowest BCUT2D eigenvalue weighted by molar-refractivity contribution is 0.420. The topological polar surface area (TPSA) is 42.1 Å². The number of hydrogen-bond acceptors (Lipinski definition) is 2. The Morgan fingerprint density at radius 2 is 2.14 bits per heavy atom. The molecule has 0 spiro atoms. The van der Waals surface area contributed by atoms with Gasteiger partial charge in [-0.05, 0) is 12.1 Å². The standard InChI is InChI=1S/C10H8ClNO2/c1-14-9-3-2-8(11)7-5-12-10(13)4-6(7)9/h2-5H,1H3,(H,12,13). The van der Waals surface area contributed by atoms with Crippen molar-refractivity contribution < 1.29 is 4.74 Å². The third-order valence-electron chi connectivity index (χ3n) is 2.05. The third kappa shape index (κ3) is 1.36. The van der Waals surface area contributed by atoms with Crippen LogP contribution in [0.1, 0.15) is 0 Å². The number of pyridine rings is 1. The maximum absolute atomic E-state index is 11.1. The van der Waals surface area contributed by atoms with Crippen LogP contribution in [0.4, 0.5) is 0 Å². The third-order valence-corrected chi connectivity index (χ3v) is 2.38. The largest absolute Gasteiger partial charge is 0.496 e. The molecule has 4 heteroatoms. The number of nitrogens with one attached hydrogen (secondary N) is 1. The van der Waals surface area contributed by atoms with Crippen molar-refractivity contribution in [3.05, 3.63) is 39.8 Å². The highest BCUT2D eigenvalue weighted by Gasteiger charge is 2.04. The van der Waals surface area contributed by atoms with E-state index in [9.17, 15) is 4.79 Å². The van der Waals surface area contributed by atoms with Crippen LogP contribution in [0.25, 0.3) is 10.8 Å². The van der Waals surface area contributed by atoms with Crippen molar-refractivity contribution in [1.29, 1.82) is 0 Å². The molecular formula is C10H8ClNO2. The number of benzene rings is 1. The lowest BCUT2D eigenvalue weighted by Crippen LogP contribution is -2.02. The molecule has 0 aliphatic rings. The number of rotatable bonds is 1. The number of aromatic nitrogens is 1. The second kappa shape index (κ2) is 3.35. The fraction of sp³-hybridized carbons (Fsp3) is 0.100. The van der Waals surface area contributed by atoms with E-state index in [0.29, 0.717) is 10.8 Å². The van der Waals surface area contributed by atoms with E-state index in [1.165, 1.54) is 6.07 Å². The second-order valence-electron chi connectivity index (χ2n) is 2.87. The zero-order valence-corrected chi connectivity index (χ0v) is 8.26. The summed E-state index contributed by atoms with van der Waals surface area (Å²) in [5.41, 5.74) is -0.168. The van der Waals surface area contributed by atoms with Gasteiger partial charge in [-0.3, -0.25) is 4.79 Å². The second-order valence-corrected chi connectivity index (χ2v) is 3.28. The van der Waals surface area contributed by atoms with Crippen LogP contribution in [-0.4, -0.2) is 12.1 Å². The van der Waals surface area contributed by atoms with Gasteiger partial charge in [0.25, 0.3) is 0 Å². The van der Waals surface area contributed by atoms with E-state index in [4.69, 9.17) is 16.3 Å². The van der Waals surface area contributed by atoms with E-state index in [-0.39, 0.29) is 5.56 Å². The minimum absolute atomic E-state index is 0.168. The van der Waals surface area contributed by atoms with Crippen molar-refractivity contribution in [2.45, 2.75) is 0 Å². The van der Waals surface area contributed by atoms with Crippen molar-refractivity contribution in [3.63, 3.8) is 0 Å². The average molecular weight is 210 g/mol. The van der Waals surface area contributed by atoms with E-state index >= 15 is 0 Å². The van der Waals surface area contributed by atoms with Gasteiger partial charge in [-0.1, -0.05) is 11.6 Å². The van der Waals surface area contributed by atoms with E-state index in [1.54, 1.807) is 25.4 Å². The molecule has 0 saturated carbocycles. The Kier molecular flexibility index (Phi) is 2.17. The molecule has 0 aliphatic carbocycles. The summed E-state index contributed by atoms with van der Waals surface area (Å²) in [4.78, 5) is 13.7. The monoisotopic (exact) mass is 209 g/mol. The number of aromatic amines is 1. The van der Waals surface area contributed by atoms with Gasteiger partial charge in [-0.15, -0.1) is 0 Å². The predicted octanol–water partition coefficient (Wildman–Crippen LogP) is 2.19. The molecule has 0 aliphatic heterocycles. The molecule has 1 aromatic heterocycles. The van der Waals surface area contributed by atoms with Crippen LogP contribution in [-0.2, 0) is 0 Å². The molecule has 0 saturated heterocycles. The van der Waals surface area contributed by atoms with Crippen LogP contribution in [0.3, 0.4) is 0 Å². The number of ether oxygens (including phenoxy) is 1. The maximum atomic E-state index is 11.1. The van der Waals surface area contributed by atoms with Crippen molar-refractivity contribution >= 4 is 22.4 Å². The zero-order chi connectivity index (χ0) is 10.1. The van der Waals surface area contributed by atoms with Gasteiger partial charge in [0.15, 0.2) is 0 Å². The quantitative estimate of drug-likeness (QED) is 0.782. The smallest absolute Gasteiger partial charge is 0.248 e. The van der Waals surface area contributed by atoms with Crippen LogP contribution < -0.4 is 10.3 Å². The molecule has 0 amide bonds. The van der Waals surface area contributed by atoms with Crippen molar-refractivity contribution in [1.82, 2.24) is 4.98 Å². The molecule has 14 heavy (non-hydrogen) atoms. The molecule has 1 N–H and O–H groups in total. The number of fused-ring (bicyclic) bond motifs is 1. The number of H-pyrrole nitrogens is 1. The molecule has 2 aromatic rings. The Bertz CT molecular complexity index is 533. The first-order valence-corrected chi connectivity index (χ1v) is 4.45. The first kappa shape index (κ1) is 9.09. The lowest BCUT2D eigenvalue weighted by Gasteiger charge is -2.05. The molecule has 2 rings (SSSR count). The van der Waals surface area contributed by atoms with E-state index in [0.717, 1.165) is 10.8 Å². The number of methoxy groups -OCH3 is 1. The van der Waals surface area contributed by atoms with Crippen molar-refractivity contribution in [2.24, 2.45) is 0 Å². The Morgan fingerprint density at radius 1 is 1.36 bits per heavy atom. The van der Waals surface area contributed by atoms with Crippen LogP contribution >= 0.6 is 11.6 Å². The first-order valence-electron chi connectivity index (χ1n) is 4.07. The summed E-state index contributed by atoms with van der Waals surface area (Å²) in [7, 11) is 1.56. The maximum Gasteiger partial charge on any atom is 0.248 e. The van der Waals surface area contributed by atoms with Gasteiger partial charge < -0.3 is 9.72 Å². The van der Waals surface area contributed by atoms with E-state index in [2.05, 4.69) is 4.98 Å². The minimum atomic E-state index is -0.168. The summed E-state index contributed by atoms with van der Waals surface area (Å²) in [5, 5.41) is 2.10. The van der Waals surface area contributed by atoms with Crippen molar-refractivity contribution in [3.8, 4) is 5.75 Å². The van der Waals surface area contributed by atoms with Gasteiger partial charge in [0, 0.05) is 23.0 Å². The predicted molar refractivity (Wildman–Crippen MR) is 56.1 cm³/mol. The molecule has 1 aromatic carbocycles. The zero-order valence-electron chi connectivity index (χ0n) is 7.50. The molecule has 72 valence electrons. The highest BCUT2D eigenvalue weighted by Crippen LogP contribution is 2.29. The number of halogens is 1. The van der Waals surface area contributed by atoms with E-state index < -0.39 is 0 Å². The van der Waals surface area contributed by atoms with Gasteiger partial charge in [-0.2, -0.15) is 0 Å². The van der Waals surface area contributed by atoms with Crippen LogP contribution in [0.5, 0.6) is 5.75 Å². The summed E-state index contributed by atoms with van der Waals surface area (Å²) in [6.07, 6.45) is 1.59. The highest BCUT2D eigenvalue weighted by atomic mass is 35.5. The molecule has 0 radical (unpaired) electrons. The Labute approximate surface area is 85.3 Å². The Balaban J connectivity index is 2.92. The Hall–Kier alpha value is -1.48. The summed E-state index contributed by atoms with van der Waals surface area (Å²) in [6, 6.07) is 4.95. The lowest BCUT2D eigenvalue weighted by atomic mass is 10.1. The fourth-order valence-corrected chi connectivity index (χ4v) is 1.60. The SMILES string of the molecule is COc1ccc(Cl)c2c[nH]c(=O)cc12. The van der Waals surface area contributed by atoms with E-state index in [1.807, 2.05) is 0 Å². The van der Waals surface area contributed by atoms with Gasteiger partial charge in [0.05, 0.1) is 12.1 Å². The minimum Gasteiger partial charge on any atom is -0.496 e. The number of hydrogen-bond donors (Lipinski definition) is 1. The first-order chi connectivity index (χ1) is 6.72. The average Bonchev–Trinajstić information content (AvgIpc) is 2.18. The highest BCUT2D eigenvalue weighted by molar-refractivity contribution is 6.35. The molecule has 1 heterocycles. The summed E-state index contributed by atoms with van der Waals surface area (Å²) in [5.74, 6) is 0.649. The molecular weight excluding hydrogens is 202 g/mol. The van der Waals surface area contributed by atoms with Crippen LogP contribution in [0, 0.1) is 0 Å². The molecule has 0 fully saturated rings. The Morgan fingerprint density at radius 3 is 2.86 bits per heavy atom. The van der Waals surface area contributed by atoms with Crippen molar-refractivity contribution in [2.75, 3.05) is 7.11 Å². The molecule has 0 bridgehead atoms. The van der Waals surface area contributed by atoms with Crippen LogP contribution in [0.2, 0.25) is 5.02 Å². The normalized spacial score (nSPS) is 10.4.